The van der Waals surface area contributed by atoms with E-state index in [1.54, 1.807) is 48.4 Å². The molecule has 0 aliphatic heterocycles. The van der Waals surface area contributed by atoms with Gasteiger partial charge in [0, 0.05) is 36.6 Å². The molecule has 5 aromatic rings. The summed E-state index contributed by atoms with van der Waals surface area (Å²) in [6, 6.07) is 12.1. The van der Waals surface area contributed by atoms with E-state index >= 15 is 0 Å². The molecule has 0 aliphatic carbocycles. The van der Waals surface area contributed by atoms with Gasteiger partial charge in [0.2, 0.25) is 0 Å². The molecule has 186 valence electrons. The summed E-state index contributed by atoms with van der Waals surface area (Å²) in [5, 5.41) is 4.36. The number of benzene rings is 2. The third kappa shape index (κ3) is 5.10. The molecule has 11 heteroatoms. The summed E-state index contributed by atoms with van der Waals surface area (Å²) in [7, 11) is 1.80. The molecule has 0 spiro atoms. The largest absolute Gasteiger partial charge is 0.457 e. The first kappa shape index (κ1) is 23.9. The average Bonchev–Trinajstić information content (AvgIpc) is 3.32. The molecule has 2 aromatic carbocycles. The zero-order valence-electron chi connectivity index (χ0n) is 19.3. The molecule has 0 radical (unpaired) electrons. The van der Waals surface area contributed by atoms with Crippen molar-refractivity contribution in [1.82, 2.24) is 24.3 Å². The highest BCUT2D eigenvalue weighted by atomic mass is 19.4. The molecule has 0 aliphatic rings. The molecule has 0 saturated carbocycles. The van der Waals surface area contributed by atoms with Crippen LogP contribution in [0.4, 0.5) is 13.2 Å². The summed E-state index contributed by atoms with van der Waals surface area (Å²) < 4.78 is 47.1. The lowest BCUT2D eigenvalue weighted by atomic mass is 10.1. The van der Waals surface area contributed by atoms with Gasteiger partial charge in [-0.3, -0.25) is 23.8 Å². The van der Waals surface area contributed by atoms with Crippen LogP contribution in [0.25, 0.3) is 22.2 Å². The van der Waals surface area contributed by atoms with Crippen LogP contribution in [0.1, 0.15) is 15.9 Å². The van der Waals surface area contributed by atoms with Crippen LogP contribution in [-0.2, 0) is 19.8 Å². The van der Waals surface area contributed by atoms with Gasteiger partial charge in [-0.2, -0.15) is 18.3 Å². The van der Waals surface area contributed by atoms with Crippen molar-refractivity contribution in [3.05, 3.63) is 101 Å². The minimum atomic E-state index is -4.50. The molecular formula is C26H18F3N5O3. The Balaban J connectivity index is 1.38. The summed E-state index contributed by atoms with van der Waals surface area (Å²) >= 11 is 0. The van der Waals surface area contributed by atoms with E-state index in [-0.39, 0.29) is 17.5 Å². The number of pyridine rings is 1. The number of hydrogen-bond donors (Lipinski definition) is 0. The fourth-order valence-electron chi connectivity index (χ4n) is 3.73. The predicted octanol–water partition coefficient (Wildman–Crippen LogP) is 4.89. The third-order valence-corrected chi connectivity index (χ3v) is 5.61. The number of fused-ring (bicyclic) bond motifs is 1. The van der Waals surface area contributed by atoms with E-state index in [4.69, 9.17) is 4.74 Å². The van der Waals surface area contributed by atoms with E-state index in [9.17, 15) is 22.8 Å². The smallest absolute Gasteiger partial charge is 0.416 e. The number of carbonyl (C=O) groups excluding carboxylic acids is 1. The summed E-state index contributed by atoms with van der Waals surface area (Å²) in [5.74, 6) is 0.348. The number of Topliss-reactive ketones (excluding diaryl/α,β-unsaturated/α-hetero) is 1. The molecule has 0 fully saturated rings. The van der Waals surface area contributed by atoms with E-state index in [0.29, 0.717) is 22.7 Å². The molecule has 8 nitrogen and oxygen atoms in total. The van der Waals surface area contributed by atoms with Crippen LogP contribution >= 0.6 is 0 Å². The zero-order chi connectivity index (χ0) is 26.2. The standard InChI is InChI=1S/C26H18F3N5O3/c1-33-13-17(12-32-33)23-11-20(8-9-30-23)37-19-6-7-22-21(10-19)25(36)34(15-31-22)14-24(35)16-2-4-18(5-3-16)26(27,28)29/h2-13,15H,14H2,1H3. The lowest BCUT2D eigenvalue weighted by Crippen LogP contribution is -2.24. The Morgan fingerprint density at radius 3 is 2.46 bits per heavy atom. The fraction of sp³-hybridized carbons (Fsp3) is 0.115. The van der Waals surface area contributed by atoms with Gasteiger partial charge in [-0.15, -0.1) is 0 Å². The van der Waals surface area contributed by atoms with Gasteiger partial charge in [0.05, 0.1) is 41.2 Å². The molecule has 3 aromatic heterocycles. The maximum absolute atomic E-state index is 13.1. The highest BCUT2D eigenvalue weighted by molar-refractivity contribution is 5.96. The van der Waals surface area contributed by atoms with Gasteiger partial charge in [0.1, 0.15) is 11.5 Å². The molecule has 37 heavy (non-hydrogen) atoms. The van der Waals surface area contributed by atoms with Gasteiger partial charge in [-0.25, -0.2) is 4.98 Å². The van der Waals surface area contributed by atoms with Crippen LogP contribution in [0.3, 0.4) is 0 Å². The maximum atomic E-state index is 13.1. The van der Waals surface area contributed by atoms with Crippen molar-refractivity contribution in [2.45, 2.75) is 12.7 Å². The number of carbonyl (C=O) groups is 1. The minimum absolute atomic E-state index is 0.0548. The van der Waals surface area contributed by atoms with Crippen molar-refractivity contribution < 1.29 is 22.7 Å². The van der Waals surface area contributed by atoms with Gasteiger partial charge in [0.25, 0.3) is 5.56 Å². The lowest BCUT2D eigenvalue weighted by molar-refractivity contribution is -0.137. The molecule has 0 amide bonds. The second-order valence-corrected chi connectivity index (χ2v) is 8.24. The monoisotopic (exact) mass is 505 g/mol. The number of rotatable bonds is 6. The molecule has 0 bridgehead atoms. The van der Waals surface area contributed by atoms with Crippen LogP contribution in [0, 0.1) is 0 Å². The van der Waals surface area contributed by atoms with Crippen molar-refractivity contribution in [1.29, 1.82) is 0 Å². The summed E-state index contributed by atoms with van der Waals surface area (Å²) in [6.07, 6.45) is 1.83. The third-order valence-electron chi connectivity index (χ3n) is 5.61. The van der Waals surface area contributed by atoms with E-state index in [1.165, 1.54) is 12.4 Å². The second kappa shape index (κ2) is 9.34. The molecule has 3 heterocycles. The normalized spacial score (nSPS) is 11.6. The number of ether oxygens (including phenoxy) is 1. The highest BCUT2D eigenvalue weighted by Gasteiger charge is 2.30. The number of ketones is 1. The second-order valence-electron chi connectivity index (χ2n) is 8.24. The van der Waals surface area contributed by atoms with Crippen molar-refractivity contribution in [2.75, 3.05) is 0 Å². The summed E-state index contributed by atoms with van der Waals surface area (Å²) in [6.45, 7) is -0.378. The lowest BCUT2D eigenvalue weighted by Gasteiger charge is -2.10. The van der Waals surface area contributed by atoms with Crippen molar-refractivity contribution in [2.24, 2.45) is 7.05 Å². The Morgan fingerprint density at radius 1 is 1.00 bits per heavy atom. The Hall–Kier alpha value is -4.80. The van der Waals surface area contributed by atoms with Gasteiger partial charge >= 0.3 is 6.18 Å². The quantitative estimate of drug-likeness (QED) is 0.305. The molecule has 0 saturated heterocycles. The number of hydrogen-bond acceptors (Lipinski definition) is 6. The highest BCUT2D eigenvalue weighted by Crippen LogP contribution is 2.29. The molecule has 5 rings (SSSR count). The maximum Gasteiger partial charge on any atom is 0.416 e. The van der Waals surface area contributed by atoms with Gasteiger partial charge in [0.15, 0.2) is 5.78 Å². The number of halogens is 3. The first-order chi connectivity index (χ1) is 17.7. The van der Waals surface area contributed by atoms with Gasteiger partial charge in [-0.1, -0.05) is 12.1 Å². The SMILES string of the molecule is Cn1cc(-c2cc(Oc3ccc4ncn(CC(=O)c5ccc(C(F)(F)F)cc5)c(=O)c4c3)ccn2)cn1. The topological polar surface area (TPSA) is 91.9 Å². The van der Waals surface area contributed by atoms with E-state index in [0.717, 1.165) is 34.4 Å². The first-order valence-corrected chi connectivity index (χ1v) is 11.0. The Kier molecular flexibility index (Phi) is 6.04. The van der Waals surface area contributed by atoms with Crippen LogP contribution in [0.15, 0.2) is 84.3 Å². The number of alkyl halides is 3. The molecule has 0 unspecified atom stereocenters. The van der Waals surface area contributed by atoms with E-state index < -0.39 is 23.1 Å². The number of aryl methyl sites for hydroxylation is 1. The summed E-state index contributed by atoms with van der Waals surface area (Å²) in [5.41, 5.74) is 0.596. The van der Waals surface area contributed by atoms with Crippen LogP contribution < -0.4 is 10.3 Å². The van der Waals surface area contributed by atoms with Crippen LogP contribution in [0.2, 0.25) is 0 Å². The van der Waals surface area contributed by atoms with Crippen LogP contribution in [-0.4, -0.2) is 30.1 Å². The number of nitrogens with zero attached hydrogens (tertiary/aromatic N) is 5. The Morgan fingerprint density at radius 2 is 1.76 bits per heavy atom. The van der Waals surface area contributed by atoms with E-state index in [1.807, 2.05) is 6.20 Å². The van der Waals surface area contributed by atoms with Crippen LogP contribution in [0.5, 0.6) is 11.5 Å². The molecular weight excluding hydrogens is 487 g/mol. The Bertz CT molecular complexity index is 1670. The first-order valence-electron chi connectivity index (χ1n) is 11.0. The number of aromatic nitrogens is 5. The predicted molar refractivity (Wildman–Crippen MR) is 128 cm³/mol. The average molecular weight is 505 g/mol. The van der Waals surface area contributed by atoms with Gasteiger partial charge < -0.3 is 4.74 Å². The fourth-order valence-corrected chi connectivity index (χ4v) is 3.73. The van der Waals surface area contributed by atoms with Crippen molar-refractivity contribution >= 4 is 16.7 Å². The zero-order valence-corrected chi connectivity index (χ0v) is 19.3. The summed E-state index contributed by atoms with van der Waals surface area (Å²) in [4.78, 5) is 34.2. The van der Waals surface area contributed by atoms with E-state index in [2.05, 4.69) is 15.1 Å². The Labute approximate surface area is 207 Å². The molecule has 0 N–H and O–H groups in total. The van der Waals surface area contributed by atoms with Crippen molar-refractivity contribution in [3.63, 3.8) is 0 Å². The minimum Gasteiger partial charge on any atom is -0.457 e. The molecule has 0 atom stereocenters. The van der Waals surface area contributed by atoms with Crippen molar-refractivity contribution in [3.8, 4) is 22.8 Å². The van der Waals surface area contributed by atoms with Gasteiger partial charge in [-0.05, 0) is 36.4 Å².